The summed E-state index contributed by atoms with van der Waals surface area (Å²) in [6, 6.07) is 17.9. The molecule has 144 valence electrons. The van der Waals surface area contributed by atoms with Gasteiger partial charge < -0.3 is 9.42 Å². The van der Waals surface area contributed by atoms with Crippen LogP contribution in [0.4, 0.5) is 0 Å². The summed E-state index contributed by atoms with van der Waals surface area (Å²) in [6.45, 7) is 6.17. The van der Waals surface area contributed by atoms with Crippen LogP contribution in [0.5, 0.6) is 0 Å². The SMILES string of the molecule is Cc1noc(-c2ccc(C(=O)N3CCN(CCc4ccccc4)CC3)cc2)n1. The molecule has 0 aliphatic carbocycles. The predicted octanol–water partition coefficient (Wildman–Crippen LogP) is 3.05. The Bertz CT molecular complexity index is 913. The van der Waals surface area contributed by atoms with Crippen LogP contribution >= 0.6 is 0 Å². The third-order valence-electron chi connectivity index (χ3n) is 5.13. The fraction of sp³-hybridized carbons (Fsp3) is 0.318. The van der Waals surface area contributed by atoms with Gasteiger partial charge in [0.05, 0.1) is 0 Å². The molecule has 6 nitrogen and oxygen atoms in total. The lowest BCUT2D eigenvalue weighted by Crippen LogP contribution is -2.49. The molecular formula is C22H24N4O2. The van der Waals surface area contributed by atoms with Crippen LogP contribution < -0.4 is 0 Å². The molecule has 6 heteroatoms. The molecule has 1 aromatic heterocycles. The third kappa shape index (κ3) is 4.28. The molecule has 1 aliphatic heterocycles. The van der Waals surface area contributed by atoms with Crippen molar-refractivity contribution in [2.75, 3.05) is 32.7 Å². The summed E-state index contributed by atoms with van der Waals surface area (Å²) in [5.74, 6) is 1.15. The number of rotatable bonds is 5. The Hall–Kier alpha value is -2.99. The largest absolute Gasteiger partial charge is 0.336 e. The van der Waals surface area contributed by atoms with Crippen molar-refractivity contribution in [1.82, 2.24) is 19.9 Å². The van der Waals surface area contributed by atoms with Gasteiger partial charge >= 0.3 is 0 Å². The summed E-state index contributed by atoms with van der Waals surface area (Å²) in [5.41, 5.74) is 2.87. The maximum Gasteiger partial charge on any atom is 0.257 e. The first-order valence-electron chi connectivity index (χ1n) is 9.65. The summed E-state index contributed by atoms with van der Waals surface area (Å²) >= 11 is 0. The maximum absolute atomic E-state index is 12.8. The van der Waals surface area contributed by atoms with Gasteiger partial charge in [-0.1, -0.05) is 35.5 Å². The smallest absolute Gasteiger partial charge is 0.257 e. The van der Waals surface area contributed by atoms with Crippen LogP contribution in [0, 0.1) is 6.92 Å². The van der Waals surface area contributed by atoms with Crippen molar-refractivity contribution in [3.8, 4) is 11.5 Å². The lowest BCUT2D eigenvalue weighted by atomic mass is 10.1. The van der Waals surface area contributed by atoms with E-state index >= 15 is 0 Å². The Morgan fingerprint density at radius 1 is 1.00 bits per heavy atom. The summed E-state index contributed by atoms with van der Waals surface area (Å²) in [7, 11) is 0. The van der Waals surface area contributed by atoms with Crippen molar-refractivity contribution in [3.05, 3.63) is 71.5 Å². The van der Waals surface area contributed by atoms with Crippen molar-refractivity contribution < 1.29 is 9.32 Å². The zero-order valence-electron chi connectivity index (χ0n) is 16.0. The quantitative estimate of drug-likeness (QED) is 0.685. The molecule has 1 saturated heterocycles. The normalized spacial score (nSPS) is 15.0. The molecule has 0 N–H and O–H groups in total. The summed E-state index contributed by atoms with van der Waals surface area (Å²) in [6.07, 6.45) is 1.05. The number of benzene rings is 2. The Morgan fingerprint density at radius 3 is 2.36 bits per heavy atom. The van der Waals surface area contributed by atoms with Crippen molar-refractivity contribution in [2.45, 2.75) is 13.3 Å². The van der Waals surface area contributed by atoms with Crippen LogP contribution in [0.3, 0.4) is 0 Å². The van der Waals surface area contributed by atoms with Crippen LogP contribution in [0.2, 0.25) is 0 Å². The van der Waals surface area contributed by atoms with Gasteiger partial charge in [0.2, 0.25) is 0 Å². The molecule has 1 amide bonds. The highest BCUT2D eigenvalue weighted by Gasteiger charge is 2.22. The number of hydrogen-bond donors (Lipinski definition) is 0. The van der Waals surface area contributed by atoms with E-state index in [1.807, 2.05) is 35.2 Å². The second-order valence-electron chi connectivity index (χ2n) is 7.09. The molecular weight excluding hydrogens is 352 g/mol. The molecule has 0 bridgehead atoms. The van der Waals surface area contributed by atoms with E-state index in [9.17, 15) is 4.79 Å². The first-order chi connectivity index (χ1) is 13.7. The summed E-state index contributed by atoms with van der Waals surface area (Å²) in [4.78, 5) is 21.4. The fourth-order valence-corrected chi connectivity index (χ4v) is 3.46. The first-order valence-corrected chi connectivity index (χ1v) is 9.65. The van der Waals surface area contributed by atoms with Gasteiger partial charge in [0.1, 0.15) is 0 Å². The van der Waals surface area contributed by atoms with Gasteiger partial charge in [-0.25, -0.2) is 0 Å². The number of aromatic nitrogens is 2. The number of piperazine rings is 1. The van der Waals surface area contributed by atoms with E-state index in [-0.39, 0.29) is 5.91 Å². The second kappa shape index (κ2) is 8.35. The van der Waals surface area contributed by atoms with Gasteiger partial charge in [0.15, 0.2) is 5.82 Å². The number of hydrogen-bond acceptors (Lipinski definition) is 5. The molecule has 28 heavy (non-hydrogen) atoms. The highest BCUT2D eigenvalue weighted by atomic mass is 16.5. The molecule has 0 radical (unpaired) electrons. The lowest BCUT2D eigenvalue weighted by Gasteiger charge is -2.34. The van der Waals surface area contributed by atoms with Crippen LogP contribution in [-0.2, 0) is 6.42 Å². The summed E-state index contributed by atoms with van der Waals surface area (Å²) < 4.78 is 5.17. The molecule has 0 atom stereocenters. The standard InChI is InChI=1S/C22H24N4O2/c1-17-23-21(28-24-17)19-7-9-20(10-8-19)22(27)26-15-13-25(14-16-26)12-11-18-5-3-2-4-6-18/h2-10H,11-16H2,1H3. The second-order valence-corrected chi connectivity index (χ2v) is 7.09. The van der Waals surface area contributed by atoms with Crippen molar-refractivity contribution in [2.24, 2.45) is 0 Å². The number of nitrogens with zero attached hydrogens (tertiary/aromatic N) is 4. The fourth-order valence-electron chi connectivity index (χ4n) is 3.46. The zero-order chi connectivity index (χ0) is 19.3. The molecule has 1 fully saturated rings. The molecule has 1 aliphatic rings. The molecule has 0 saturated carbocycles. The minimum atomic E-state index is 0.0796. The average molecular weight is 376 g/mol. The van der Waals surface area contributed by atoms with Crippen molar-refractivity contribution >= 4 is 5.91 Å². The van der Waals surface area contributed by atoms with Gasteiger partial charge in [0, 0.05) is 43.9 Å². The minimum absolute atomic E-state index is 0.0796. The summed E-state index contributed by atoms with van der Waals surface area (Å²) in [5, 5.41) is 3.80. The molecule has 4 rings (SSSR count). The number of carbonyl (C=O) groups is 1. The van der Waals surface area contributed by atoms with E-state index in [1.54, 1.807) is 6.92 Å². The third-order valence-corrected chi connectivity index (χ3v) is 5.13. The molecule has 2 heterocycles. The van der Waals surface area contributed by atoms with Crippen LogP contribution in [0.15, 0.2) is 59.1 Å². The molecule has 0 unspecified atom stereocenters. The Morgan fingerprint density at radius 2 is 1.71 bits per heavy atom. The Kier molecular flexibility index (Phi) is 5.48. The van der Waals surface area contributed by atoms with Crippen molar-refractivity contribution in [3.63, 3.8) is 0 Å². The number of carbonyl (C=O) groups excluding carboxylic acids is 1. The average Bonchev–Trinajstić information content (AvgIpc) is 3.19. The van der Waals surface area contributed by atoms with Gasteiger partial charge in [-0.3, -0.25) is 9.69 Å². The van der Waals surface area contributed by atoms with E-state index in [1.165, 1.54) is 5.56 Å². The van der Waals surface area contributed by atoms with Gasteiger partial charge in [0.25, 0.3) is 11.8 Å². The Labute approximate surface area is 164 Å². The Balaban J connectivity index is 1.30. The molecule has 3 aromatic rings. The van der Waals surface area contributed by atoms with E-state index < -0.39 is 0 Å². The van der Waals surface area contributed by atoms with E-state index in [0.29, 0.717) is 17.3 Å². The highest BCUT2D eigenvalue weighted by molar-refractivity contribution is 5.94. The minimum Gasteiger partial charge on any atom is -0.336 e. The number of aryl methyl sites for hydroxylation is 1. The van der Waals surface area contributed by atoms with Crippen molar-refractivity contribution in [1.29, 1.82) is 0 Å². The predicted molar refractivity (Wildman–Crippen MR) is 107 cm³/mol. The van der Waals surface area contributed by atoms with E-state index in [0.717, 1.165) is 44.7 Å². The topological polar surface area (TPSA) is 62.5 Å². The highest BCUT2D eigenvalue weighted by Crippen LogP contribution is 2.19. The zero-order valence-corrected chi connectivity index (χ0v) is 16.0. The van der Waals surface area contributed by atoms with Gasteiger partial charge in [-0.05, 0) is 43.2 Å². The van der Waals surface area contributed by atoms with Crippen LogP contribution in [0.25, 0.3) is 11.5 Å². The van der Waals surface area contributed by atoms with Crippen LogP contribution in [0.1, 0.15) is 21.7 Å². The number of amides is 1. The van der Waals surface area contributed by atoms with E-state index in [2.05, 4.69) is 39.3 Å². The monoisotopic (exact) mass is 376 g/mol. The molecule has 0 spiro atoms. The van der Waals surface area contributed by atoms with Crippen LogP contribution in [-0.4, -0.2) is 58.6 Å². The first kappa shape index (κ1) is 18.4. The molecule has 2 aromatic carbocycles. The van der Waals surface area contributed by atoms with Gasteiger partial charge in [-0.15, -0.1) is 0 Å². The maximum atomic E-state index is 12.8. The van der Waals surface area contributed by atoms with E-state index in [4.69, 9.17) is 4.52 Å². The van der Waals surface area contributed by atoms with Gasteiger partial charge in [-0.2, -0.15) is 4.98 Å². The lowest BCUT2D eigenvalue weighted by molar-refractivity contribution is 0.0638.